The summed E-state index contributed by atoms with van der Waals surface area (Å²) >= 11 is 0. The van der Waals surface area contributed by atoms with Crippen molar-refractivity contribution in [2.24, 2.45) is 5.92 Å². The Morgan fingerprint density at radius 2 is 2.11 bits per heavy atom. The average molecular weight is 252 g/mol. The zero-order valence-corrected chi connectivity index (χ0v) is 11.3. The van der Waals surface area contributed by atoms with Crippen molar-refractivity contribution in [3.05, 3.63) is 17.7 Å². The topological polar surface area (TPSA) is 60.5 Å². The summed E-state index contributed by atoms with van der Waals surface area (Å²) in [6.45, 7) is 5.16. The second kappa shape index (κ2) is 6.83. The summed E-state index contributed by atoms with van der Waals surface area (Å²) in [6.07, 6.45) is 1.06. The zero-order chi connectivity index (χ0) is 13.5. The molecule has 1 aromatic rings. The molecule has 0 bridgehead atoms. The maximum Gasteiger partial charge on any atom is 0.343 e. The van der Waals surface area contributed by atoms with Crippen molar-refractivity contribution < 1.29 is 14.3 Å². The van der Waals surface area contributed by atoms with Gasteiger partial charge in [-0.2, -0.15) is 4.98 Å². The van der Waals surface area contributed by atoms with Gasteiger partial charge in [0.1, 0.15) is 11.4 Å². The van der Waals surface area contributed by atoms with Crippen LogP contribution in [0.5, 0.6) is 5.88 Å². The lowest BCUT2D eigenvalue weighted by Gasteiger charge is -2.10. The fourth-order valence-electron chi connectivity index (χ4n) is 1.45. The molecule has 1 heterocycles. The van der Waals surface area contributed by atoms with Crippen molar-refractivity contribution in [1.29, 1.82) is 0 Å². The number of ether oxygens (including phenoxy) is 2. The van der Waals surface area contributed by atoms with Crippen LogP contribution in [0.15, 0.2) is 12.1 Å². The second-order valence-electron chi connectivity index (χ2n) is 4.35. The van der Waals surface area contributed by atoms with Gasteiger partial charge >= 0.3 is 5.97 Å². The van der Waals surface area contributed by atoms with E-state index in [0.717, 1.165) is 13.0 Å². The van der Waals surface area contributed by atoms with Gasteiger partial charge in [-0.15, -0.1) is 0 Å². The Labute approximate surface area is 108 Å². The molecule has 5 heteroatoms. The average Bonchev–Trinajstić information content (AvgIpc) is 2.37. The van der Waals surface area contributed by atoms with E-state index in [2.05, 4.69) is 28.9 Å². The Morgan fingerprint density at radius 3 is 2.67 bits per heavy atom. The first-order valence-electron chi connectivity index (χ1n) is 5.95. The summed E-state index contributed by atoms with van der Waals surface area (Å²) in [4.78, 5) is 15.7. The van der Waals surface area contributed by atoms with Crippen LogP contribution in [0.25, 0.3) is 0 Å². The van der Waals surface area contributed by atoms with E-state index in [9.17, 15) is 4.79 Å². The first kappa shape index (κ1) is 14.3. The molecule has 0 aromatic carbocycles. The van der Waals surface area contributed by atoms with Crippen LogP contribution in [-0.2, 0) is 4.74 Å². The smallest absolute Gasteiger partial charge is 0.343 e. The van der Waals surface area contributed by atoms with Crippen molar-refractivity contribution in [3.8, 4) is 5.88 Å². The van der Waals surface area contributed by atoms with Crippen LogP contribution in [0.4, 0.5) is 5.82 Å². The third-order valence-corrected chi connectivity index (χ3v) is 2.49. The van der Waals surface area contributed by atoms with Gasteiger partial charge in [0.05, 0.1) is 14.2 Å². The van der Waals surface area contributed by atoms with Crippen molar-refractivity contribution in [2.45, 2.75) is 20.3 Å². The number of hydrogen-bond acceptors (Lipinski definition) is 5. The van der Waals surface area contributed by atoms with Gasteiger partial charge in [0, 0.05) is 6.54 Å². The number of carbonyl (C=O) groups excluding carboxylic acids is 1. The molecule has 0 aliphatic heterocycles. The van der Waals surface area contributed by atoms with Crippen LogP contribution in [0, 0.1) is 5.92 Å². The second-order valence-corrected chi connectivity index (χ2v) is 4.35. The number of carbonyl (C=O) groups is 1. The molecular weight excluding hydrogens is 232 g/mol. The number of esters is 1. The van der Waals surface area contributed by atoms with Crippen LogP contribution >= 0.6 is 0 Å². The molecule has 0 amide bonds. The Bertz CT molecular complexity index is 405. The van der Waals surface area contributed by atoms with E-state index in [1.54, 1.807) is 12.1 Å². The number of nitrogens with zero attached hydrogens (tertiary/aromatic N) is 1. The maximum absolute atomic E-state index is 11.4. The van der Waals surface area contributed by atoms with Crippen molar-refractivity contribution >= 4 is 11.8 Å². The summed E-state index contributed by atoms with van der Waals surface area (Å²) in [7, 11) is 2.81. The first-order chi connectivity index (χ1) is 8.58. The van der Waals surface area contributed by atoms with Gasteiger partial charge in [0.25, 0.3) is 0 Å². The molecule has 0 radical (unpaired) electrons. The third-order valence-electron chi connectivity index (χ3n) is 2.49. The molecule has 1 rings (SSSR count). The van der Waals surface area contributed by atoms with E-state index >= 15 is 0 Å². The Balaban J connectivity index is 2.75. The van der Waals surface area contributed by atoms with Crippen molar-refractivity contribution in [1.82, 2.24) is 4.98 Å². The van der Waals surface area contributed by atoms with Gasteiger partial charge < -0.3 is 14.8 Å². The highest BCUT2D eigenvalue weighted by molar-refractivity contribution is 5.92. The molecule has 0 aliphatic carbocycles. The van der Waals surface area contributed by atoms with Gasteiger partial charge in [-0.25, -0.2) is 4.79 Å². The van der Waals surface area contributed by atoms with Gasteiger partial charge in [-0.05, 0) is 24.5 Å². The van der Waals surface area contributed by atoms with Gasteiger partial charge in [0.15, 0.2) is 0 Å². The summed E-state index contributed by atoms with van der Waals surface area (Å²) < 4.78 is 9.74. The Kier molecular flexibility index (Phi) is 5.42. The highest BCUT2D eigenvalue weighted by atomic mass is 16.5. The highest BCUT2D eigenvalue weighted by Gasteiger charge is 2.14. The van der Waals surface area contributed by atoms with Crippen molar-refractivity contribution in [3.63, 3.8) is 0 Å². The lowest BCUT2D eigenvalue weighted by molar-refractivity contribution is 0.0596. The normalized spacial score (nSPS) is 10.3. The molecule has 0 unspecified atom stereocenters. The fourth-order valence-corrected chi connectivity index (χ4v) is 1.45. The summed E-state index contributed by atoms with van der Waals surface area (Å²) in [5.74, 6) is 1.15. The van der Waals surface area contributed by atoms with Gasteiger partial charge in [-0.3, -0.25) is 0 Å². The quantitative estimate of drug-likeness (QED) is 0.787. The number of anilines is 1. The lowest BCUT2D eigenvalue weighted by atomic mass is 10.1. The van der Waals surface area contributed by atoms with Crippen molar-refractivity contribution in [2.75, 3.05) is 26.1 Å². The van der Waals surface area contributed by atoms with E-state index in [1.165, 1.54) is 14.2 Å². The standard InChI is InChI=1S/C13H20N2O3/c1-9(2)7-8-14-11-6-5-10(13(16)18-4)12(15-11)17-3/h5-6,9H,7-8H2,1-4H3,(H,14,15). The molecule has 1 N–H and O–H groups in total. The number of methoxy groups -OCH3 is 2. The van der Waals surface area contributed by atoms with Gasteiger partial charge in [-0.1, -0.05) is 13.8 Å². The maximum atomic E-state index is 11.4. The first-order valence-corrected chi connectivity index (χ1v) is 5.95. The molecule has 100 valence electrons. The number of hydrogen-bond donors (Lipinski definition) is 1. The summed E-state index contributed by atoms with van der Waals surface area (Å²) in [5.41, 5.74) is 0.328. The minimum Gasteiger partial charge on any atom is -0.480 e. The predicted molar refractivity (Wildman–Crippen MR) is 70.1 cm³/mol. The molecular formula is C13H20N2O3. The monoisotopic (exact) mass is 252 g/mol. The molecule has 0 fully saturated rings. The predicted octanol–water partition coefficient (Wildman–Crippen LogP) is 2.33. The minimum atomic E-state index is -0.451. The van der Waals surface area contributed by atoms with Crippen LogP contribution in [0.2, 0.25) is 0 Å². The minimum absolute atomic E-state index is 0.274. The number of pyridine rings is 1. The van der Waals surface area contributed by atoms with Crippen LogP contribution in [-0.4, -0.2) is 31.7 Å². The Hall–Kier alpha value is -1.78. The van der Waals surface area contributed by atoms with E-state index < -0.39 is 5.97 Å². The van der Waals surface area contributed by atoms with E-state index in [4.69, 9.17) is 4.74 Å². The summed E-state index contributed by atoms with van der Waals surface area (Å²) in [5, 5.41) is 3.19. The number of nitrogens with one attached hydrogen (secondary N) is 1. The molecule has 0 saturated heterocycles. The number of aromatic nitrogens is 1. The SMILES string of the molecule is COC(=O)c1ccc(NCCC(C)C)nc1OC. The molecule has 18 heavy (non-hydrogen) atoms. The molecule has 0 aliphatic rings. The highest BCUT2D eigenvalue weighted by Crippen LogP contribution is 2.19. The Morgan fingerprint density at radius 1 is 1.39 bits per heavy atom. The molecule has 1 aromatic heterocycles. The number of rotatable bonds is 6. The molecule has 5 nitrogen and oxygen atoms in total. The van der Waals surface area contributed by atoms with E-state index in [1.807, 2.05) is 0 Å². The van der Waals surface area contributed by atoms with Gasteiger partial charge in [0.2, 0.25) is 5.88 Å². The van der Waals surface area contributed by atoms with Crippen LogP contribution in [0.1, 0.15) is 30.6 Å². The molecule has 0 atom stereocenters. The fraction of sp³-hybridized carbons (Fsp3) is 0.538. The van der Waals surface area contributed by atoms with Crippen LogP contribution < -0.4 is 10.1 Å². The third kappa shape index (κ3) is 3.91. The lowest BCUT2D eigenvalue weighted by Crippen LogP contribution is -2.09. The van der Waals surface area contributed by atoms with E-state index in [-0.39, 0.29) is 5.88 Å². The molecule has 0 saturated carbocycles. The largest absolute Gasteiger partial charge is 0.480 e. The van der Waals surface area contributed by atoms with E-state index in [0.29, 0.717) is 17.3 Å². The molecule has 0 spiro atoms. The summed E-state index contributed by atoms with van der Waals surface area (Å²) in [6, 6.07) is 3.39. The van der Waals surface area contributed by atoms with Crippen LogP contribution in [0.3, 0.4) is 0 Å². The zero-order valence-electron chi connectivity index (χ0n) is 11.3.